The molecule has 1 aliphatic rings. The van der Waals surface area contributed by atoms with Gasteiger partial charge in [-0.25, -0.2) is 4.79 Å². The molecular formula is C16H28N4O6S. The summed E-state index contributed by atoms with van der Waals surface area (Å²) < 4.78 is 0. The van der Waals surface area contributed by atoms with Crippen LogP contribution < -0.4 is 16.4 Å². The molecule has 4 atom stereocenters. The van der Waals surface area contributed by atoms with E-state index < -0.39 is 48.6 Å². The molecule has 0 aromatic heterocycles. The highest BCUT2D eigenvalue weighted by Crippen LogP contribution is 2.19. The fourth-order valence-corrected chi connectivity index (χ4v) is 2.98. The quantitative estimate of drug-likeness (QED) is 0.241. The Balaban J connectivity index is 2.84. The molecule has 1 aliphatic heterocycles. The van der Waals surface area contributed by atoms with E-state index in [1.54, 1.807) is 13.8 Å². The van der Waals surface area contributed by atoms with Crippen molar-refractivity contribution in [1.29, 1.82) is 0 Å². The molecule has 1 rings (SSSR count). The van der Waals surface area contributed by atoms with Gasteiger partial charge in [-0.05, 0) is 18.8 Å². The molecule has 3 amide bonds. The number of nitrogens with two attached hydrogens (primary N) is 1. The Kier molecular flexibility index (Phi) is 9.00. The normalized spacial score (nSPS) is 20.1. The van der Waals surface area contributed by atoms with Crippen molar-refractivity contribution in [3.8, 4) is 0 Å². The Morgan fingerprint density at radius 3 is 2.37 bits per heavy atom. The topological polar surface area (TPSA) is 162 Å². The standard InChI is InChI=1S/C16H28N4O6S/c1-8(2)12(14(23)18-10(6-21)16(25)26)19-13(22)11-4-3-5-20(11)15(24)9(17)7-27/h8-12,21,27H,3-7,17H2,1-2H3,(H,18,23)(H,19,22)(H,25,26). The van der Waals surface area contributed by atoms with Crippen LogP contribution in [0.5, 0.6) is 0 Å². The number of likely N-dealkylation sites (tertiary alicyclic amines) is 1. The molecule has 6 N–H and O–H groups in total. The molecule has 10 nitrogen and oxygen atoms in total. The van der Waals surface area contributed by atoms with Gasteiger partial charge in [-0.3, -0.25) is 14.4 Å². The summed E-state index contributed by atoms with van der Waals surface area (Å²) in [6, 6.07) is -4.03. The fraction of sp³-hybridized carbons (Fsp3) is 0.750. The van der Waals surface area contributed by atoms with Crippen LogP contribution in [-0.4, -0.2) is 81.9 Å². The van der Waals surface area contributed by atoms with Gasteiger partial charge < -0.3 is 31.5 Å². The SMILES string of the molecule is CC(C)C(NC(=O)C1CCCN1C(=O)C(N)CS)C(=O)NC(CO)C(=O)O. The summed E-state index contributed by atoms with van der Waals surface area (Å²) in [6.07, 6.45) is 1.07. The molecule has 0 spiro atoms. The lowest BCUT2D eigenvalue weighted by molar-refractivity contribution is -0.144. The highest BCUT2D eigenvalue weighted by Gasteiger charge is 2.38. The first-order valence-corrected chi connectivity index (χ1v) is 9.38. The van der Waals surface area contributed by atoms with Crippen LogP contribution in [0.1, 0.15) is 26.7 Å². The summed E-state index contributed by atoms with van der Waals surface area (Å²) >= 11 is 4.00. The fourth-order valence-electron chi connectivity index (χ4n) is 2.83. The van der Waals surface area contributed by atoms with E-state index in [9.17, 15) is 19.2 Å². The number of aliphatic hydroxyl groups excluding tert-OH is 1. The third kappa shape index (κ3) is 6.08. The van der Waals surface area contributed by atoms with Gasteiger partial charge in [0.05, 0.1) is 12.6 Å². The maximum atomic E-state index is 12.7. The second kappa shape index (κ2) is 10.5. The van der Waals surface area contributed by atoms with Gasteiger partial charge in [-0.2, -0.15) is 12.6 Å². The highest BCUT2D eigenvalue weighted by atomic mass is 32.1. The number of hydrogen-bond acceptors (Lipinski definition) is 7. The van der Waals surface area contributed by atoms with E-state index in [0.717, 1.165) is 0 Å². The zero-order valence-electron chi connectivity index (χ0n) is 15.4. The van der Waals surface area contributed by atoms with Crippen molar-refractivity contribution >= 4 is 36.3 Å². The predicted molar refractivity (Wildman–Crippen MR) is 100.0 cm³/mol. The molecule has 1 saturated heterocycles. The van der Waals surface area contributed by atoms with Gasteiger partial charge in [0.15, 0.2) is 0 Å². The van der Waals surface area contributed by atoms with Crippen LogP contribution in [-0.2, 0) is 19.2 Å². The summed E-state index contributed by atoms with van der Waals surface area (Å²) in [6.45, 7) is 3.00. The lowest BCUT2D eigenvalue weighted by atomic mass is 10.0. The number of carboxylic acids is 1. The number of aliphatic carboxylic acids is 1. The summed E-state index contributed by atoms with van der Waals surface area (Å²) in [5.41, 5.74) is 5.71. The lowest BCUT2D eigenvalue weighted by Crippen LogP contribution is -2.58. The molecule has 0 radical (unpaired) electrons. The number of hydrogen-bond donors (Lipinski definition) is 6. The van der Waals surface area contributed by atoms with Crippen LogP contribution in [0.4, 0.5) is 0 Å². The third-order valence-corrected chi connectivity index (χ3v) is 4.79. The number of aliphatic hydroxyl groups is 1. The van der Waals surface area contributed by atoms with Gasteiger partial charge in [0.25, 0.3) is 0 Å². The molecule has 27 heavy (non-hydrogen) atoms. The predicted octanol–water partition coefficient (Wildman–Crippen LogP) is -2.06. The van der Waals surface area contributed by atoms with Crippen molar-refractivity contribution in [2.24, 2.45) is 11.7 Å². The number of nitrogens with zero attached hydrogens (tertiary/aromatic N) is 1. The minimum atomic E-state index is -1.46. The maximum Gasteiger partial charge on any atom is 0.328 e. The number of nitrogens with one attached hydrogen (secondary N) is 2. The van der Waals surface area contributed by atoms with E-state index in [0.29, 0.717) is 19.4 Å². The van der Waals surface area contributed by atoms with Crippen LogP contribution >= 0.6 is 12.6 Å². The number of thiol groups is 1. The molecule has 0 bridgehead atoms. The van der Waals surface area contributed by atoms with E-state index in [1.807, 2.05) is 0 Å². The minimum absolute atomic E-state index is 0.151. The van der Waals surface area contributed by atoms with Crippen molar-refractivity contribution in [3.63, 3.8) is 0 Å². The molecular weight excluding hydrogens is 376 g/mol. The van der Waals surface area contributed by atoms with Crippen molar-refractivity contribution in [1.82, 2.24) is 15.5 Å². The van der Waals surface area contributed by atoms with E-state index in [4.69, 9.17) is 15.9 Å². The zero-order chi connectivity index (χ0) is 20.7. The average molecular weight is 404 g/mol. The second-order valence-electron chi connectivity index (χ2n) is 6.79. The first-order valence-electron chi connectivity index (χ1n) is 8.75. The minimum Gasteiger partial charge on any atom is -0.480 e. The molecule has 0 aromatic carbocycles. The second-order valence-corrected chi connectivity index (χ2v) is 7.16. The van der Waals surface area contributed by atoms with E-state index in [1.165, 1.54) is 4.90 Å². The lowest BCUT2D eigenvalue weighted by Gasteiger charge is -2.29. The van der Waals surface area contributed by atoms with Crippen LogP contribution in [0.25, 0.3) is 0 Å². The average Bonchev–Trinajstić information content (AvgIpc) is 3.11. The zero-order valence-corrected chi connectivity index (χ0v) is 16.3. The number of carbonyl (C=O) groups excluding carboxylic acids is 3. The molecule has 0 aromatic rings. The van der Waals surface area contributed by atoms with Crippen LogP contribution in [0.3, 0.4) is 0 Å². The van der Waals surface area contributed by atoms with Gasteiger partial charge in [-0.15, -0.1) is 0 Å². The van der Waals surface area contributed by atoms with E-state index in [2.05, 4.69) is 23.3 Å². The number of amides is 3. The van der Waals surface area contributed by atoms with Gasteiger partial charge in [0, 0.05) is 12.3 Å². The van der Waals surface area contributed by atoms with Gasteiger partial charge in [0.1, 0.15) is 18.1 Å². The molecule has 154 valence electrons. The maximum absolute atomic E-state index is 12.7. The first kappa shape index (κ1) is 23.2. The molecule has 0 saturated carbocycles. The monoisotopic (exact) mass is 404 g/mol. The van der Waals surface area contributed by atoms with Gasteiger partial charge in [0.2, 0.25) is 17.7 Å². The Bertz CT molecular complexity index is 573. The molecule has 1 fully saturated rings. The number of rotatable bonds is 9. The summed E-state index contributed by atoms with van der Waals surface area (Å²) in [5, 5.41) is 22.8. The Hall–Kier alpha value is -1.85. The number of carboxylic acid groups (broad SMARTS) is 1. The summed E-state index contributed by atoms with van der Waals surface area (Å²) in [7, 11) is 0. The largest absolute Gasteiger partial charge is 0.480 e. The van der Waals surface area contributed by atoms with Crippen molar-refractivity contribution in [2.45, 2.75) is 50.9 Å². The summed E-state index contributed by atoms with van der Waals surface area (Å²) in [4.78, 5) is 49.7. The van der Waals surface area contributed by atoms with E-state index in [-0.39, 0.29) is 17.6 Å². The van der Waals surface area contributed by atoms with Gasteiger partial charge >= 0.3 is 5.97 Å². The molecule has 4 unspecified atom stereocenters. The first-order chi connectivity index (χ1) is 12.6. The van der Waals surface area contributed by atoms with Crippen molar-refractivity contribution in [3.05, 3.63) is 0 Å². The molecule has 0 aliphatic carbocycles. The molecule has 11 heteroatoms. The number of carbonyl (C=O) groups is 4. The Morgan fingerprint density at radius 2 is 1.89 bits per heavy atom. The van der Waals surface area contributed by atoms with Crippen molar-refractivity contribution < 1.29 is 29.4 Å². The summed E-state index contributed by atoms with van der Waals surface area (Å²) in [5.74, 6) is -3.17. The molecule has 1 heterocycles. The highest BCUT2D eigenvalue weighted by molar-refractivity contribution is 7.80. The van der Waals surface area contributed by atoms with Crippen LogP contribution in [0, 0.1) is 5.92 Å². The smallest absolute Gasteiger partial charge is 0.328 e. The third-order valence-electron chi connectivity index (χ3n) is 4.40. The van der Waals surface area contributed by atoms with Crippen molar-refractivity contribution in [2.75, 3.05) is 18.9 Å². The van der Waals surface area contributed by atoms with Crippen LogP contribution in [0.2, 0.25) is 0 Å². The van der Waals surface area contributed by atoms with E-state index >= 15 is 0 Å². The van der Waals surface area contributed by atoms with Gasteiger partial charge in [-0.1, -0.05) is 13.8 Å². The van der Waals surface area contributed by atoms with Crippen LogP contribution in [0.15, 0.2) is 0 Å². The Morgan fingerprint density at radius 1 is 1.26 bits per heavy atom. The Labute approximate surface area is 163 Å².